The predicted octanol–water partition coefficient (Wildman–Crippen LogP) is 7.97. The minimum Gasteiger partial charge on any atom is -0.508 e. The van der Waals surface area contributed by atoms with Crippen LogP contribution in [0.15, 0.2) is 97.1 Å². The van der Waals surface area contributed by atoms with E-state index in [0.29, 0.717) is 0 Å². The molecule has 0 aliphatic heterocycles. The molecule has 4 aromatic rings. The summed E-state index contributed by atoms with van der Waals surface area (Å²) in [6, 6.07) is 32.7. The average Bonchev–Trinajstić information content (AvgIpc) is 2.81. The van der Waals surface area contributed by atoms with Gasteiger partial charge in [0.1, 0.15) is 17.2 Å². The topological polar surface area (TPSA) is 29.5 Å². The number of ether oxygens (including phenoxy) is 1. The molecule has 1 unspecified atom stereocenters. The first-order valence-electron chi connectivity index (χ1n) is 11.1. The normalized spacial score (nSPS) is 12.4. The van der Waals surface area contributed by atoms with Crippen LogP contribution in [0.3, 0.4) is 0 Å². The lowest BCUT2D eigenvalue weighted by Gasteiger charge is -2.26. The fourth-order valence-electron chi connectivity index (χ4n) is 4.13. The van der Waals surface area contributed by atoms with Crippen LogP contribution >= 0.6 is 0 Å². The quantitative estimate of drug-likeness (QED) is 0.341. The Bertz CT molecular complexity index is 1170. The Morgan fingerprint density at radius 2 is 1.34 bits per heavy atom. The maximum absolute atomic E-state index is 9.60. The highest BCUT2D eigenvalue weighted by molar-refractivity contribution is 5.47. The molecule has 0 radical (unpaired) electrons. The second-order valence-electron chi connectivity index (χ2n) is 8.97. The van der Waals surface area contributed by atoms with Crippen molar-refractivity contribution in [2.24, 2.45) is 0 Å². The molecule has 0 saturated heterocycles. The summed E-state index contributed by atoms with van der Waals surface area (Å²) in [7, 11) is 0. The Morgan fingerprint density at radius 1 is 0.750 bits per heavy atom. The summed E-state index contributed by atoms with van der Waals surface area (Å²) in [6.45, 7) is 8.72. The van der Waals surface area contributed by atoms with E-state index in [0.717, 1.165) is 17.1 Å². The van der Waals surface area contributed by atoms with Crippen LogP contribution in [0, 0.1) is 6.92 Å². The molecule has 4 aromatic carbocycles. The third-order valence-electron chi connectivity index (χ3n) is 6.32. The molecule has 0 aromatic heterocycles. The van der Waals surface area contributed by atoms with E-state index in [9.17, 15) is 5.11 Å². The molecule has 32 heavy (non-hydrogen) atoms. The Morgan fingerprint density at radius 3 is 1.97 bits per heavy atom. The first-order chi connectivity index (χ1) is 15.3. The summed E-state index contributed by atoms with van der Waals surface area (Å²) in [6.07, 6.45) is 0. The third kappa shape index (κ3) is 4.55. The standard InChI is InChI=1S/C30H30O2/c1-21-10-19-29(28(20-21)22(2)23-8-6-5-7-9-23)32-27-17-13-25(14-18-27)30(3,4)24-11-15-26(31)16-12-24/h5-20,22,31H,1-4H3. The van der Waals surface area contributed by atoms with Gasteiger partial charge in [-0.05, 0) is 53.9 Å². The molecule has 0 heterocycles. The number of aryl methyl sites for hydroxylation is 1. The zero-order valence-corrected chi connectivity index (χ0v) is 19.2. The van der Waals surface area contributed by atoms with Gasteiger partial charge < -0.3 is 9.84 Å². The molecule has 0 amide bonds. The molecule has 0 aliphatic carbocycles. The predicted molar refractivity (Wildman–Crippen MR) is 132 cm³/mol. The van der Waals surface area contributed by atoms with Crippen molar-refractivity contribution in [1.82, 2.24) is 0 Å². The van der Waals surface area contributed by atoms with Crippen LogP contribution in [-0.2, 0) is 5.41 Å². The molecule has 1 N–H and O–H groups in total. The van der Waals surface area contributed by atoms with E-state index in [-0.39, 0.29) is 17.1 Å². The van der Waals surface area contributed by atoms with Crippen molar-refractivity contribution in [3.8, 4) is 17.2 Å². The SMILES string of the molecule is Cc1ccc(Oc2ccc(C(C)(C)c3ccc(O)cc3)cc2)c(C(C)c2ccccc2)c1. The molecular formula is C30H30O2. The van der Waals surface area contributed by atoms with Gasteiger partial charge in [0.15, 0.2) is 0 Å². The summed E-state index contributed by atoms with van der Waals surface area (Å²) in [5, 5.41) is 9.60. The van der Waals surface area contributed by atoms with Crippen molar-refractivity contribution >= 4 is 0 Å². The molecule has 0 aliphatic rings. The van der Waals surface area contributed by atoms with Gasteiger partial charge in [0.25, 0.3) is 0 Å². The monoisotopic (exact) mass is 422 g/mol. The second kappa shape index (κ2) is 8.92. The number of phenolic OH excluding ortho intramolecular Hbond substituents is 1. The number of hydrogen-bond acceptors (Lipinski definition) is 2. The summed E-state index contributed by atoms with van der Waals surface area (Å²) >= 11 is 0. The lowest BCUT2D eigenvalue weighted by molar-refractivity contribution is 0.473. The lowest BCUT2D eigenvalue weighted by atomic mass is 9.78. The molecule has 0 bridgehead atoms. The first-order valence-corrected chi connectivity index (χ1v) is 11.1. The van der Waals surface area contributed by atoms with E-state index in [2.05, 4.69) is 82.3 Å². The molecule has 2 heteroatoms. The van der Waals surface area contributed by atoms with E-state index < -0.39 is 0 Å². The lowest BCUT2D eigenvalue weighted by Crippen LogP contribution is -2.18. The highest BCUT2D eigenvalue weighted by atomic mass is 16.5. The molecule has 1 atom stereocenters. The second-order valence-corrected chi connectivity index (χ2v) is 8.97. The Labute approximate surface area is 191 Å². The van der Waals surface area contributed by atoms with E-state index in [1.807, 2.05) is 30.3 Å². The van der Waals surface area contributed by atoms with Gasteiger partial charge >= 0.3 is 0 Å². The molecule has 0 fully saturated rings. The zero-order chi connectivity index (χ0) is 22.7. The number of hydrogen-bond donors (Lipinski definition) is 1. The zero-order valence-electron chi connectivity index (χ0n) is 19.2. The molecule has 0 spiro atoms. The van der Waals surface area contributed by atoms with Gasteiger partial charge in [-0.3, -0.25) is 0 Å². The molecule has 162 valence electrons. The first kappa shape index (κ1) is 21.7. The van der Waals surface area contributed by atoms with Crippen LogP contribution in [-0.4, -0.2) is 5.11 Å². The van der Waals surface area contributed by atoms with Gasteiger partial charge in [-0.1, -0.05) is 93.1 Å². The Balaban J connectivity index is 1.60. The van der Waals surface area contributed by atoms with Gasteiger partial charge in [0.05, 0.1) is 0 Å². The summed E-state index contributed by atoms with van der Waals surface area (Å²) in [4.78, 5) is 0. The molecule has 4 rings (SSSR count). The fourth-order valence-corrected chi connectivity index (χ4v) is 4.13. The van der Waals surface area contributed by atoms with E-state index >= 15 is 0 Å². The van der Waals surface area contributed by atoms with Crippen LogP contribution in [0.4, 0.5) is 0 Å². The minimum atomic E-state index is -0.178. The maximum atomic E-state index is 9.60. The van der Waals surface area contributed by atoms with Gasteiger partial charge in [-0.25, -0.2) is 0 Å². The van der Waals surface area contributed by atoms with Crippen molar-refractivity contribution < 1.29 is 9.84 Å². The minimum absolute atomic E-state index is 0.178. The highest BCUT2D eigenvalue weighted by Crippen LogP contribution is 2.37. The van der Waals surface area contributed by atoms with Crippen molar-refractivity contribution in [3.63, 3.8) is 0 Å². The van der Waals surface area contributed by atoms with E-state index in [1.54, 1.807) is 12.1 Å². The number of benzene rings is 4. The van der Waals surface area contributed by atoms with E-state index in [4.69, 9.17) is 4.74 Å². The Kier molecular flexibility index (Phi) is 6.05. The van der Waals surface area contributed by atoms with Gasteiger partial charge in [0, 0.05) is 16.9 Å². The average molecular weight is 423 g/mol. The van der Waals surface area contributed by atoms with Crippen molar-refractivity contribution in [2.75, 3.05) is 0 Å². The highest BCUT2D eigenvalue weighted by Gasteiger charge is 2.23. The Hall–Kier alpha value is -3.52. The van der Waals surface area contributed by atoms with E-state index in [1.165, 1.54) is 22.3 Å². The van der Waals surface area contributed by atoms with Gasteiger partial charge in [-0.15, -0.1) is 0 Å². The van der Waals surface area contributed by atoms with Crippen LogP contribution in [0.2, 0.25) is 0 Å². The van der Waals surface area contributed by atoms with Crippen LogP contribution in [0.25, 0.3) is 0 Å². The fraction of sp³-hybridized carbons (Fsp3) is 0.200. The van der Waals surface area contributed by atoms with Gasteiger partial charge in [0.2, 0.25) is 0 Å². The summed E-state index contributed by atoms with van der Waals surface area (Å²) < 4.78 is 6.36. The van der Waals surface area contributed by atoms with Gasteiger partial charge in [-0.2, -0.15) is 0 Å². The molecule has 2 nitrogen and oxygen atoms in total. The van der Waals surface area contributed by atoms with Crippen molar-refractivity contribution in [2.45, 2.75) is 39.0 Å². The van der Waals surface area contributed by atoms with Crippen LogP contribution in [0.1, 0.15) is 54.5 Å². The van der Waals surface area contributed by atoms with Crippen LogP contribution < -0.4 is 4.74 Å². The maximum Gasteiger partial charge on any atom is 0.131 e. The third-order valence-corrected chi connectivity index (χ3v) is 6.32. The summed E-state index contributed by atoms with van der Waals surface area (Å²) in [5.74, 6) is 2.23. The number of aromatic hydroxyl groups is 1. The smallest absolute Gasteiger partial charge is 0.131 e. The number of phenols is 1. The summed E-state index contributed by atoms with van der Waals surface area (Å²) in [5.41, 5.74) is 5.85. The molecule has 0 saturated carbocycles. The van der Waals surface area contributed by atoms with Crippen molar-refractivity contribution in [3.05, 3.63) is 125 Å². The largest absolute Gasteiger partial charge is 0.508 e. The van der Waals surface area contributed by atoms with Crippen molar-refractivity contribution in [1.29, 1.82) is 0 Å². The van der Waals surface area contributed by atoms with Crippen LogP contribution in [0.5, 0.6) is 17.2 Å². The molecular weight excluding hydrogens is 392 g/mol. The number of rotatable bonds is 6.